The van der Waals surface area contributed by atoms with Gasteiger partial charge in [-0.25, -0.2) is 4.39 Å². The van der Waals surface area contributed by atoms with Crippen molar-refractivity contribution in [3.8, 4) is 11.1 Å². The van der Waals surface area contributed by atoms with E-state index in [0.717, 1.165) is 5.56 Å². The number of H-pyrrole nitrogens is 1. The Kier molecular flexibility index (Phi) is 3.06. The summed E-state index contributed by atoms with van der Waals surface area (Å²) in [6, 6.07) is 5.91. The molecule has 2 aromatic rings. The molecule has 0 aliphatic carbocycles. The zero-order chi connectivity index (χ0) is 12.4. The molecule has 2 N–H and O–H groups in total. The van der Waals surface area contributed by atoms with E-state index in [2.05, 4.69) is 4.98 Å². The standard InChI is InChI=1S/C13H12FNO2/c1-8-12(7-16)11(6-15-13(8)17)9-2-4-10(14)5-3-9/h2-6,16H,7H2,1H3,(H,15,17). The van der Waals surface area contributed by atoms with Gasteiger partial charge in [-0.05, 0) is 30.2 Å². The third-order valence-corrected chi connectivity index (χ3v) is 2.78. The molecule has 1 aromatic carbocycles. The van der Waals surface area contributed by atoms with Crippen LogP contribution >= 0.6 is 0 Å². The maximum Gasteiger partial charge on any atom is 0.251 e. The van der Waals surface area contributed by atoms with E-state index in [9.17, 15) is 14.3 Å². The first-order valence-electron chi connectivity index (χ1n) is 5.21. The van der Waals surface area contributed by atoms with Crippen LogP contribution in [0, 0.1) is 12.7 Å². The normalized spacial score (nSPS) is 10.5. The molecule has 0 spiro atoms. The lowest BCUT2D eigenvalue weighted by Crippen LogP contribution is -2.13. The molecule has 3 nitrogen and oxygen atoms in total. The van der Waals surface area contributed by atoms with Gasteiger partial charge in [0.05, 0.1) is 6.61 Å². The van der Waals surface area contributed by atoms with Crippen LogP contribution in [0.4, 0.5) is 4.39 Å². The van der Waals surface area contributed by atoms with E-state index < -0.39 is 0 Å². The lowest BCUT2D eigenvalue weighted by atomic mass is 9.99. The first kappa shape index (κ1) is 11.5. The van der Waals surface area contributed by atoms with Crippen LogP contribution in [-0.2, 0) is 6.61 Å². The highest BCUT2D eigenvalue weighted by Gasteiger charge is 2.09. The van der Waals surface area contributed by atoms with Crippen LogP contribution in [-0.4, -0.2) is 10.1 Å². The number of halogens is 1. The van der Waals surface area contributed by atoms with Gasteiger partial charge in [0.2, 0.25) is 0 Å². The summed E-state index contributed by atoms with van der Waals surface area (Å²) < 4.78 is 12.8. The lowest BCUT2D eigenvalue weighted by Gasteiger charge is -2.09. The number of aliphatic hydroxyl groups excluding tert-OH is 1. The molecule has 0 atom stereocenters. The minimum atomic E-state index is -0.319. The largest absolute Gasteiger partial charge is 0.392 e. The summed E-state index contributed by atoms with van der Waals surface area (Å²) in [7, 11) is 0. The van der Waals surface area contributed by atoms with Gasteiger partial charge >= 0.3 is 0 Å². The number of rotatable bonds is 2. The molecular formula is C13H12FNO2. The number of nitrogens with one attached hydrogen (secondary N) is 1. The predicted octanol–water partition coefficient (Wildman–Crippen LogP) is 1.98. The lowest BCUT2D eigenvalue weighted by molar-refractivity contribution is 0.281. The fourth-order valence-corrected chi connectivity index (χ4v) is 1.76. The van der Waals surface area contributed by atoms with E-state index in [1.807, 2.05) is 0 Å². The third-order valence-electron chi connectivity index (χ3n) is 2.78. The van der Waals surface area contributed by atoms with Crippen molar-refractivity contribution in [1.29, 1.82) is 0 Å². The van der Waals surface area contributed by atoms with Crippen LogP contribution in [0.3, 0.4) is 0 Å². The van der Waals surface area contributed by atoms with Crippen molar-refractivity contribution in [3.63, 3.8) is 0 Å². The molecule has 0 saturated heterocycles. The van der Waals surface area contributed by atoms with Gasteiger partial charge in [-0.2, -0.15) is 0 Å². The number of aromatic amines is 1. The number of aliphatic hydroxyl groups is 1. The first-order valence-corrected chi connectivity index (χ1v) is 5.21. The van der Waals surface area contributed by atoms with Crippen molar-refractivity contribution in [2.75, 3.05) is 0 Å². The fourth-order valence-electron chi connectivity index (χ4n) is 1.76. The summed E-state index contributed by atoms with van der Waals surface area (Å²) in [6.45, 7) is 1.43. The second kappa shape index (κ2) is 4.51. The highest BCUT2D eigenvalue weighted by atomic mass is 19.1. The summed E-state index contributed by atoms with van der Waals surface area (Å²) in [5.41, 5.74) is 2.30. The molecule has 0 aliphatic rings. The van der Waals surface area contributed by atoms with E-state index in [-0.39, 0.29) is 18.0 Å². The van der Waals surface area contributed by atoms with Gasteiger partial charge in [0.25, 0.3) is 5.56 Å². The summed E-state index contributed by atoms with van der Waals surface area (Å²) >= 11 is 0. The van der Waals surface area contributed by atoms with Gasteiger partial charge < -0.3 is 10.1 Å². The first-order chi connectivity index (χ1) is 8.13. The Balaban J connectivity index is 2.63. The topological polar surface area (TPSA) is 53.1 Å². The average molecular weight is 233 g/mol. The predicted molar refractivity (Wildman–Crippen MR) is 63.1 cm³/mol. The molecular weight excluding hydrogens is 221 g/mol. The van der Waals surface area contributed by atoms with Crippen molar-refractivity contribution >= 4 is 0 Å². The molecule has 0 saturated carbocycles. The molecule has 0 aliphatic heterocycles. The third kappa shape index (κ3) is 2.12. The molecule has 0 unspecified atom stereocenters. The van der Waals surface area contributed by atoms with Crippen molar-refractivity contribution in [2.24, 2.45) is 0 Å². The van der Waals surface area contributed by atoms with E-state index in [4.69, 9.17) is 0 Å². The summed E-state index contributed by atoms with van der Waals surface area (Å²) in [5, 5.41) is 9.31. The van der Waals surface area contributed by atoms with Crippen LogP contribution in [0.2, 0.25) is 0 Å². The van der Waals surface area contributed by atoms with E-state index in [0.29, 0.717) is 16.7 Å². The number of aromatic nitrogens is 1. The summed E-state index contributed by atoms with van der Waals surface area (Å²) in [4.78, 5) is 14.0. The van der Waals surface area contributed by atoms with Gasteiger partial charge in [0, 0.05) is 17.3 Å². The number of pyridine rings is 1. The van der Waals surface area contributed by atoms with Gasteiger partial charge in [0.1, 0.15) is 5.82 Å². The Bertz CT molecular complexity index is 587. The Morgan fingerprint density at radius 2 is 1.94 bits per heavy atom. The van der Waals surface area contributed by atoms with Gasteiger partial charge in [0.15, 0.2) is 0 Å². The highest BCUT2D eigenvalue weighted by molar-refractivity contribution is 5.67. The van der Waals surface area contributed by atoms with Crippen molar-refractivity contribution in [1.82, 2.24) is 4.98 Å². The van der Waals surface area contributed by atoms with Crippen molar-refractivity contribution in [3.05, 3.63) is 57.8 Å². The minimum absolute atomic E-state index is 0.220. The molecule has 1 aromatic heterocycles. The zero-order valence-corrected chi connectivity index (χ0v) is 9.33. The Morgan fingerprint density at radius 3 is 2.53 bits per heavy atom. The van der Waals surface area contributed by atoms with E-state index >= 15 is 0 Å². The molecule has 17 heavy (non-hydrogen) atoms. The van der Waals surface area contributed by atoms with Gasteiger partial charge in [-0.3, -0.25) is 4.79 Å². The van der Waals surface area contributed by atoms with E-state index in [1.165, 1.54) is 18.3 Å². The molecule has 0 amide bonds. The van der Waals surface area contributed by atoms with Crippen molar-refractivity contribution < 1.29 is 9.50 Å². The zero-order valence-electron chi connectivity index (χ0n) is 9.33. The van der Waals surface area contributed by atoms with Gasteiger partial charge in [-0.1, -0.05) is 12.1 Å². The van der Waals surface area contributed by atoms with Crippen LogP contribution in [0.1, 0.15) is 11.1 Å². The molecule has 0 radical (unpaired) electrons. The Hall–Kier alpha value is -1.94. The minimum Gasteiger partial charge on any atom is -0.392 e. The SMILES string of the molecule is Cc1c(CO)c(-c2ccc(F)cc2)c[nH]c1=O. The maximum atomic E-state index is 12.8. The van der Waals surface area contributed by atoms with Crippen LogP contribution in [0.25, 0.3) is 11.1 Å². The fraction of sp³-hybridized carbons (Fsp3) is 0.154. The second-order valence-corrected chi connectivity index (χ2v) is 3.80. The van der Waals surface area contributed by atoms with E-state index in [1.54, 1.807) is 19.1 Å². The molecule has 88 valence electrons. The maximum absolute atomic E-state index is 12.8. The second-order valence-electron chi connectivity index (χ2n) is 3.80. The molecule has 0 fully saturated rings. The number of hydrogen-bond acceptors (Lipinski definition) is 2. The van der Waals surface area contributed by atoms with Crippen LogP contribution in [0.5, 0.6) is 0 Å². The summed E-state index contributed by atoms with van der Waals surface area (Å²) in [5.74, 6) is -0.319. The quantitative estimate of drug-likeness (QED) is 0.833. The molecule has 0 bridgehead atoms. The van der Waals surface area contributed by atoms with Gasteiger partial charge in [-0.15, -0.1) is 0 Å². The molecule has 2 rings (SSSR count). The Morgan fingerprint density at radius 1 is 1.29 bits per heavy atom. The van der Waals surface area contributed by atoms with Crippen molar-refractivity contribution in [2.45, 2.75) is 13.5 Å². The number of hydrogen-bond donors (Lipinski definition) is 2. The number of benzene rings is 1. The average Bonchev–Trinajstić information content (AvgIpc) is 2.34. The van der Waals surface area contributed by atoms with Crippen LogP contribution < -0.4 is 5.56 Å². The monoisotopic (exact) mass is 233 g/mol. The van der Waals surface area contributed by atoms with Crippen LogP contribution in [0.15, 0.2) is 35.3 Å². The highest BCUT2D eigenvalue weighted by Crippen LogP contribution is 2.23. The molecule has 4 heteroatoms. The smallest absolute Gasteiger partial charge is 0.251 e. The Labute approximate surface area is 97.6 Å². The molecule has 1 heterocycles. The summed E-state index contributed by atoms with van der Waals surface area (Å²) in [6.07, 6.45) is 1.54.